The number of nitrogens with one attached hydrogen (secondary N) is 2. The zero-order valence-corrected chi connectivity index (χ0v) is 33.2. The van der Waals surface area contributed by atoms with E-state index < -0.39 is 0 Å². The molecule has 0 radical (unpaired) electrons. The number of imidazole rings is 2. The van der Waals surface area contributed by atoms with Crippen molar-refractivity contribution in [3.63, 3.8) is 0 Å². The third-order valence-electron chi connectivity index (χ3n) is 9.03. The number of ether oxygens (including phenoxy) is 2. The molecule has 0 aliphatic rings. The zero-order chi connectivity index (χ0) is 34.9. The number of hydrogen-bond acceptors (Lipinski definition) is 7. The van der Waals surface area contributed by atoms with Crippen molar-refractivity contribution in [1.82, 2.24) is 29.1 Å². The molecule has 0 spiro atoms. The van der Waals surface area contributed by atoms with Gasteiger partial charge in [0.05, 0.1) is 38.1 Å². The first kappa shape index (κ1) is 38.2. The lowest BCUT2D eigenvalue weighted by Crippen LogP contribution is -3.00. The van der Waals surface area contributed by atoms with E-state index in [0.717, 1.165) is 90.9 Å². The van der Waals surface area contributed by atoms with Gasteiger partial charge in [-0.2, -0.15) is 0 Å². The van der Waals surface area contributed by atoms with Gasteiger partial charge in [-0.3, -0.25) is 0 Å². The molecule has 0 saturated heterocycles. The number of rotatable bonds is 12. The molecule has 2 N–H and O–H groups in total. The van der Waals surface area contributed by atoms with Gasteiger partial charge in [0.2, 0.25) is 0 Å². The number of nitrogens with zero attached hydrogens (tertiary/aromatic N) is 6. The number of aromatic nitrogens is 8. The largest absolute Gasteiger partial charge is 1.00 e. The Morgan fingerprint density at radius 1 is 0.623 bits per heavy atom. The summed E-state index contributed by atoms with van der Waals surface area (Å²) in [6, 6.07) is 24.6. The van der Waals surface area contributed by atoms with Crippen LogP contribution in [0.2, 0.25) is 0 Å². The van der Waals surface area contributed by atoms with Gasteiger partial charge in [-0.05, 0) is 72.2 Å². The molecular weight excluding hydrogens is 768 g/mol. The van der Waals surface area contributed by atoms with Gasteiger partial charge >= 0.3 is 11.9 Å². The molecular formula is C38H36Cl2N8O2S3. The molecule has 6 aromatic heterocycles. The predicted molar refractivity (Wildman–Crippen MR) is 207 cm³/mol. The summed E-state index contributed by atoms with van der Waals surface area (Å²) >= 11 is 0. The molecule has 0 aliphatic heterocycles. The number of hydrogen-bond donors (Lipinski definition) is 2. The number of H-pyrrole nitrogens is 2. The molecule has 0 unspecified atom stereocenters. The predicted octanol–water partition coefficient (Wildman–Crippen LogP) is 1.95. The molecule has 15 heteroatoms. The molecule has 0 saturated carbocycles. The van der Waals surface area contributed by atoms with E-state index in [0.29, 0.717) is 0 Å². The second-order valence-electron chi connectivity index (χ2n) is 11.9. The van der Waals surface area contributed by atoms with Gasteiger partial charge in [-0.25, -0.2) is 19.1 Å². The normalized spacial score (nSPS) is 11.1. The average molecular weight is 804 g/mol. The van der Waals surface area contributed by atoms with Crippen LogP contribution in [0.3, 0.4) is 0 Å². The SMILES string of the molecule is COc1cc[n+](-c2nc3ccc(-n4cccc4)cc3[nH]2)c(CSSSCc2c(C)c(OC)cc[n+]2-c2nc3ccc(-n4cccc4)cc3[nH]2)c1C.[Cl-].[Cl-]. The van der Waals surface area contributed by atoms with Crippen molar-refractivity contribution >= 4 is 53.5 Å². The van der Waals surface area contributed by atoms with Crippen molar-refractivity contribution in [3.8, 4) is 34.8 Å². The summed E-state index contributed by atoms with van der Waals surface area (Å²) in [7, 11) is 8.77. The molecule has 0 aliphatic carbocycles. The number of halogens is 2. The van der Waals surface area contributed by atoms with Crippen LogP contribution in [0.25, 0.3) is 45.3 Å². The smallest absolute Gasteiger partial charge is 0.402 e. The van der Waals surface area contributed by atoms with Gasteiger partial charge in [0.25, 0.3) is 0 Å². The Bertz CT molecular complexity index is 2310. The molecule has 53 heavy (non-hydrogen) atoms. The second kappa shape index (κ2) is 16.6. The molecule has 0 atom stereocenters. The Morgan fingerprint density at radius 3 is 1.43 bits per heavy atom. The van der Waals surface area contributed by atoms with E-state index in [-0.39, 0.29) is 24.8 Å². The second-order valence-corrected chi connectivity index (χ2v) is 16.2. The van der Waals surface area contributed by atoms with Crippen LogP contribution in [-0.4, -0.2) is 43.3 Å². The van der Waals surface area contributed by atoms with Crippen LogP contribution in [0.4, 0.5) is 0 Å². The minimum atomic E-state index is 0. The van der Waals surface area contributed by atoms with Crippen LogP contribution in [-0.2, 0) is 11.5 Å². The van der Waals surface area contributed by atoms with Crippen LogP contribution in [0, 0.1) is 13.8 Å². The average Bonchev–Trinajstić information content (AvgIpc) is 3.98. The molecule has 6 heterocycles. The standard InChI is InChI=1S/C38H36N8O2S3.2ClH/c1-25-33(45(19-13-35(25)47-3)37-39-29-11-9-27(21-31(29)41-37)43-15-5-6-16-43)23-49-51-50-24-34-26(2)36(48-4)14-20-46(34)38-40-30-12-10-28(22-32(30)42-38)44-17-7-8-18-44;;/h5-22H,23-24H2,1-4H3,(H,39,41)(H,40,42);2*1H/q+2;;/p-2. The van der Waals surface area contributed by atoms with E-state index in [2.05, 4.69) is 78.5 Å². The molecule has 0 fully saturated rings. The monoisotopic (exact) mass is 802 g/mol. The van der Waals surface area contributed by atoms with E-state index in [1.165, 1.54) is 0 Å². The van der Waals surface area contributed by atoms with Crippen LogP contribution >= 0.6 is 31.4 Å². The first-order valence-electron chi connectivity index (χ1n) is 16.3. The van der Waals surface area contributed by atoms with Gasteiger partial charge in [0, 0.05) is 71.6 Å². The fourth-order valence-electron chi connectivity index (χ4n) is 6.28. The van der Waals surface area contributed by atoms with Crippen molar-refractivity contribution in [3.05, 3.63) is 132 Å². The third-order valence-corrected chi connectivity index (χ3v) is 13.0. The minimum Gasteiger partial charge on any atom is -1.00 e. The highest BCUT2D eigenvalue weighted by molar-refractivity contribution is 9.09. The first-order chi connectivity index (χ1) is 25.0. The number of methoxy groups -OCH3 is 2. The maximum Gasteiger partial charge on any atom is 0.402 e. The van der Waals surface area contributed by atoms with Crippen LogP contribution in [0.5, 0.6) is 11.5 Å². The molecule has 2 aromatic carbocycles. The fourth-order valence-corrected chi connectivity index (χ4v) is 10.0. The highest BCUT2D eigenvalue weighted by atomic mass is 35.5. The number of pyridine rings is 2. The lowest BCUT2D eigenvalue weighted by molar-refractivity contribution is -0.611. The number of aromatic amines is 2. The van der Waals surface area contributed by atoms with E-state index in [9.17, 15) is 0 Å². The van der Waals surface area contributed by atoms with Gasteiger partial charge < -0.3 is 43.4 Å². The summed E-state index contributed by atoms with van der Waals surface area (Å²) in [6.45, 7) is 4.21. The molecule has 272 valence electrons. The van der Waals surface area contributed by atoms with Crippen molar-refractivity contribution < 1.29 is 43.4 Å². The van der Waals surface area contributed by atoms with Crippen molar-refractivity contribution in [2.75, 3.05) is 14.2 Å². The summed E-state index contributed by atoms with van der Waals surface area (Å²) < 4.78 is 19.9. The summed E-state index contributed by atoms with van der Waals surface area (Å²) in [5.74, 6) is 4.74. The van der Waals surface area contributed by atoms with Crippen molar-refractivity contribution in [2.45, 2.75) is 25.4 Å². The Labute approximate surface area is 331 Å². The Hall–Kier alpha value is -4.53. The fraction of sp³-hybridized carbons (Fsp3) is 0.158. The van der Waals surface area contributed by atoms with E-state index in [4.69, 9.17) is 19.4 Å². The molecule has 10 nitrogen and oxygen atoms in total. The Morgan fingerprint density at radius 2 is 1.04 bits per heavy atom. The van der Waals surface area contributed by atoms with Crippen LogP contribution in [0.15, 0.2) is 110 Å². The number of benzene rings is 2. The Kier molecular flexibility index (Phi) is 12.0. The maximum absolute atomic E-state index is 5.72. The van der Waals surface area contributed by atoms with Gasteiger partial charge in [0.1, 0.15) is 33.9 Å². The molecule has 0 amide bonds. The van der Waals surface area contributed by atoms with Gasteiger partial charge in [-0.15, -0.1) is 0 Å². The minimum absolute atomic E-state index is 0. The first-order valence-corrected chi connectivity index (χ1v) is 20.2. The van der Waals surface area contributed by atoms with Crippen molar-refractivity contribution in [2.24, 2.45) is 0 Å². The highest BCUT2D eigenvalue weighted by Gasteiger charge is 2.23. The third kappa shape index (κ3) is 7.62. The van der Waals surface area contributed by atoms with Gasteiger partial charge in [-0.1, -0.05) is 31.6 Å². The molecule has 0 bridgehead atoms. The topological polar surface area (TPSA) is 93.4 Å². The highest BCUT2D eigenvalue weighted by Crippen LogP contribution is 2.40. The maximum atomic E-state index is 5.72. The lowest BCUT2D eigenvalue weighted by atomic mass is 10.2. The quantitative estimate of drug-likeness (QED) is 0.111. The van der Waals surface area contributed by atoms with Gasteiger partial charge in [0.15, 0.2) is 11.0 Å². The summed E-state index contributed by atoms with van der Waals surface area (Å²) in [5, 5.41) is 0. The summed E-state index contributed by atoms with van der Waals surface area (Å²) in [4.78, 5) is 17.0. The van der Waals surface area contributed by atoms with E-state index >= 15 is 0 Å². The van der Waals surface area contributed by atoms with Crippen LogP contribution < -0.4 is 43.4 Å². The lowest BCUT2D eigenvalue weighted by Gasteiger charge is -2.13. The molecule has 8 rings (SSSR count). The van der Waals surface area contributed by atoms with Crippen molar-refractivity contribution in [1.29, 1.82) is 0 Å². The summed E-state index contributed by atoms with van der Waals surface area (Å²) in [6.07, 6.45) is 12.2. The number of fused-ring (bicyclic) bond motifs is 2. The van der Waals surface area contributed by atoms with E-state index in [1.807, 2.05) is 73.6 Å². The zero-order valence-electron chi connectivity index (χ0n) is 29.3. The van der Waals surface area contributed by atoms with E-state index in [1.54, 1.807) is 45.6 Å². The molecule has 8 aromatic rings. The Balaban J connectivity index is 0.00000240. The summed E-state index contributed by atoms with van der Waals surface area (Å²) in [5.41, 5.74) is 10.3. The van der Waals surface area contributed by atoms with Crippen LogP contribution in [0.1, 0.15) is 22.5 Å².